The first-order valence-corrected chi connectivity index (χ1v) is 12.9. The fraction of sp³-hybridized carbons (Fsp3) is 0.286. The molecule has 1 heterocycles. The van der Waals surface area contributed by atoms with Gasteiger partial charge in [0.1, 0.15) is 6.04 Å². The summed E-state index contributed by atoms with van der Waals surface area (Å²) in [5.41, 5.74) is 2.21. The molecule has 3 aromatic rings. The van der Waals surface area contributed by atoms with Crippen molar-refractivity contribution >= 4 is 46.8 Å². The topological polar surface area (TPSA) is 112 Å². The molecule has 0 bridgehead atoms. The maximum atomic E-state index is 13.2. The molecule has 3 amide bonds. The first-order chi connectivity index (χ1) is 18.1. The molecule has 0 aliphatic rings. The van der Waals surface area contributed by atoms with Crippen molar-refractivity contribution in [1.29, 1.82) is 0 Å². The zero-order valence-corrected chi connectivity index (χ0v) is 22.8. The molecule has 200 valence electrons. The van der Waals surface area contributed by atoms with Gasteiger partial charge in [-0.2, -0.15) is 0 Å². The van der Waals surface area contributed by atoms with Crippen molar-refractivity contribution in [2.45, 2.75) is 39.3 Å². The van der Waals surface area contributed by atoms with E-state index in [0.717, 1.165) is 5.56 Å². The summed E-state index contributed by atoms with van der Waals surface area (Å²) in [5, 5.41) is 15.5. The van der Waals surface area contributed by atoms with Gasteiger partial charge in [-0.3, -0.25) is 9.78 Å². The number of halogens is 2. The summed E-state index contributed by atoms with van der Waals surface area (Å²) in [5.74, 6) is -1.45. The Kier molecular flexibility index (Phi) is 10.1. The number of carboxylic acids is 1. The first kappa shape index (κ1) is 28.9. The third kappa shape index (κ3) is 7.69. The van der Waals surface area contributed by atoms with Gasteiger partial charge in [0.15, 0.2) is 0 Å². The number of hydrogen-bond donors (Lipinski definition) is 3. The van der Waals surface area contributed by atoms with Gasteiger partial charge in [-0.1, -0.05) is 79.5 Å². The van der Waals surface area contributed by atoms with Gasteiger partial charge in [0.25, 0.3) is 5.91 Å². The summed E-state index contributed by atoms with van der Waals surface area (Å²) in [4.78, 5) is 43.4. The molecule has 0 aliphatic carbocycles. The molecule has 0 saturated carbocycles. The average Bonchev–Trinajstić information content (AvgIpc) is 2.87. The highest BCUT2D eigenvalue weighted by molar-refractivity contribution is 6.40. The molecule has 0 saturated heterocycles. The predicted molar refractivity (Wildman–Crippen MR) is 149 cm³/mol. The lowest BCUT2D eigenvalue weighted by atomic mass is 10.0. The van der Waals surface area contributed by atoms with E-state index in [4.69, 9.17) is 23.2 Å². The Labute approximate surface area is 232 Å². The lowest BCUT2D eigenvalue weighted by Crippen LogP contribution is -2.50. The molecular formula is C28H30Cl2N4O4. The number of anilines is 1. The second-order valence-corrected chi connectivity index (χ2v) is 10.1. The van der Waals surface area contributed by atoms with E-state index in [1.54, 1.807) is 29.2 Å². The largest absolute Gasteiger partial charge is 0.480 e. The van der Waals surface area contributed by atoms with Crippen molar-refractivity contribution in [1.82, 2.24) is 15.2 Å². The number of benzene rings is 2. The van der Waals surface area contributed by atoms with Gasteiger partial charge in [-0.05, 0) is 36.1 Å². The SMILES string of the molecule is CC(C)CN(C(=O)N[C@@H](Cc1ccc(NC(=O)c2c(Cl)cncc2Cl)cc1)C(=O)O)[C@@H](C)c1ccccc1. The Bertz CT molecular complexity index is 1250. The Hall–Kier alpha value is -3.62. The molecule has 8 nitrogen and oxygen atoms in total. The van der Waals surface area contributed by atoms with Crippen LogP contribution in [0.15, 0.2) is 67.0 Å². The number of carbonyl (C=O) groups is 3. The average molecular weight is 557 g/mol. The van der Waals surface area contributed by atoms with Gasteiger partial charge in [0.2, 0.25) is 0 Å². The van der Waals surface area contributed by atoms with Gasteiger partial charge >= 0.3 is 12.0 Å². The lowest BCUT2D eigenvalue weighted by molar-refractivity contribution is -0.139. The Morgan fingerprint density at radius 3 is 2.11 bits per heavy atom. The molecule has 0 fully saturated rings. The normalized spacial score (nSPS) is 12.5. The second-order valence-electron chi connectivity index (χ2n) is 9.31. The van der Waals surface area contributed by atoms with Crippen molar-refractivity contribution in [2.24, 2.45) is 5.92 Å². The number of aromatic nitrogens is 1. The van der Waals surface area contributed by atoms with E-state index < -0.39 is 23.9 Å². The summed E-state index contributed by atoms with van der Waals surface area (Å²) in [6.07, 6.45) is 2.72. The van der Waals surface area contributed by atoms with Crippen LogP contribution in [0.3, 0.4) is 0 Å². The van der Waals surface area contributed by atoms with Crippen LogP contribution in [0.4, 0.5) is 10.5 Å². The molecule has 0 radical (unpaired) electrons. The molecule has 10 heteroatoms. The highest BCUT2D eigenvalue weighted by Crippen LogP contribution is 2.25. The van der Waals surface area contributed by atoms with Crippen molar-refractivity contribution in [3.8, 4) is 0 Å². The number of pyridine rings is 1. The highest BCUT2D eigenvalue weighted by atomic mass is 35.5. The number of nitrogens with one attached hydrogen (secondary N) is 2. The van der Waals surface area contributed by atoms with Gasteiger partial charge in [-0.15, -0.1) is 0 Å². The molecule has 2 atom stereocenters. The first-order valence-electron chi connectivity index (χ1n) is 12.1. The monoisotopic (exact) mass is 556 g/mol. The van der Waals surface area contributed by atoms with Crippen LogP contribution in [0.5, 0.6) is 0 Å². The molecule has 2 aromatic carbocycles. The molecule has 0 aliphatic heterocycles. The van der Waals surface area contributed by atoms with Crippen LogP contribution in [0.2, 0.25) is 10.0 Å². The van der Waals surface area contributed by atoms with Crippen LogP contribution >= 0.6 is 23.2 Å². The minimum atomic E-state index is -1.14. The van der Waals surface area contributed by atoms with Crippen LogP contribution in [-0.2, 0) is 11.2 Å². The van der Waals surface area contributed by atoms with Gasteiger partial charge in [0.05, 0.1) is 21.7 Å². The van der Waals surface area contributed by atoms with Crippen LogP contribution in [0.1, 0.15) is 48.3 Å². The zero-order valence-electron chi connectivity index (χ0n) is 21.3. The number of carbonyl (C=O) groups excluding carboxylic acids is 2. The van der Waals surface area contributed by atoms with E-state index >= 15 is 0 Å². The molecule has 38 heavy (non-hydrogen) atoms. The smallest absolute Gasteiger partial charge is 0.326 e. The molecule has 3 N–H and O–H groups in total. The molecule has 3 rings (SSSR count). The summed E-state index contributed by atoms with van der Waals surface area (Å²) >= 11 is 12.1. The number of nitrogens with zero attached hydrogens (tertiary/aromatic N) is 2. The Morgan fingerprint density at radius 2 is 1.55 bits per heavy atom. The van der Waals surface area contributed by atoms with E-state index in [2.05, 4.69) is 15.6 Å². The fourth-order valence-corrected chi connectivity index (χ4v) is 4.47. The van der Waals surface area contributed by atoms with E-state index in [9.17, 15) is 19.5 Å². The van der Waals surface area contributed by atoms with Crippen LogP contribution in [-0.4, -0.2) is 45.5 Å². The standard InChI is InChI=1S/C28H30Cl2N4O4/c1-17(2)16-34(18(3)20-7-5-4-6-8-20)28(38)33-24(27(36)37)13-19-9-11-21(12-10-19)32-26(35)25-22(29)14-31-15-23(25)30/h4-12,14-15,17-18,24H,13,16H2,1-3H3,(H,32,35)(H,33,38)(H,36,37)/t18-,24-/m0/s1. The van der Waals surface area contributed by atoms with Crippen LogP contribution in [0.25, 0.3) is 0 Å². The Morgan fingerprint density at radius 1 is 0.947 bits per heavy atom. The Balaban J connectivity index is 1.69. The highest BCUT2D eigenvalue weighted by Gasteiger charge is 2.27. The molecule has 1 aromatic heterocycles. The van der Waals surface area contributed by atoms with E-state index in [0.29, 0.717) is 17.8 Å². The third-order valence-corrected chi connectivity index (χ3v) is 6.47. The summed E-state index contributed by atoms with van der Waals surface area (Å²) < 4.78 is 0. The minimum absolute atomic E-state index is 0.0621. The quantitative estimate of drug-likeness (QED) is 0.280. The fourth-order valence-electron chi connectivity index (χ4n) is 3.94. The zero-order chi connectivity index (χ0) is 27.8. The maximum absolute atomic E-state index is 13.2. The predicted octanol–water partition coefficient (Wildman–Crippen LogP) is 6.07. The number of aliphatic carboxylic acids is 1. The van der Waals surface area contributed by atoms with Crippen molar-refractivity contribution in [3.63, 3.8) is 0 Å². The van der Waals surface area contributed by atoms with Gasteiger partial charge < -0.3 is 20.6 Å². The number of hydrogen-bond acceptors (Lipinski definition) is 4. The minimum Gasteiger partial charge on any atom is -0.480 e. The second kappa shape index (κ2) is 13.3. The van der Waals surface area contributed by atoms with E-state index in [1.165, 1.54) is 12.4 Å². The molecular weight excluding hydrogens is 527 g/mol. The van der Waals surface area contributed by atoms with Gasteiger partial charge in [0, 0.05) is 31.0 Å². The number of amides is 3. The van der Waals surface area contributed by atoms with Crippen molar-refractivity contribution < 1.29 is 19.5 Å². The van der Waals surface area contributed by atoms with E-state index in [1.807, 2.05) is 51.1 Å². The number of urea groups is 1. The number of carboxylic acid groups (broad SMARTS) is 1. The van der Waals surface area contributed by atoms with Gasteiger partial charge in [-0.25, -0.2) is 9.59 Å². The van der Waals surface area contributed by atoms with E-state index in [-0.39, 0.29) is 34.0 Å². The molecule has 0 unspecified atom stereocenters. The molecule has 0 spiro atoms. The summed E-state index contributed by atoms with van der Waals surface area (Å²) in [6.45, 7) is 6.40. The van der Waals surface area contributed by atoms with Crippen molar-refractivity contribution in [3.05, 3.63) is 93.7 Å². The number of rotatable bonds is 10. The lowest BCUT2D eigenvalue weighted by Gasteiger charge is -2.32. The van der Waals surface area contributed by atoms with Crippen LogP contribution in [0, 0.1) is 5.92 Å². The summed E-state index contributed by atoms with van der Waals surface area (Å²) in [6, 6.07) is 14.4. The summed E-state index contributed by atoms with van der Waals surface area (Å²) in [7, 11) is 0. The van der Waals surface area contributed by atoms with Crippen LogP contribution < -0.4 is 10.6 Å². The third-order valence-electron chi connectivity index (χ3n) is 5.90. The van der Waals surface area contributed by atoms with Crippen molar-refractivity contribution in [2.75, 3.05) is 11.9 Å². The maximum Gasteiger partial charge on any atom is 0.326 e.